The van der Waals surface area contributed by atoms with Gasteiger partial charge in [-0.15, -0.1) is 0 Å². The number of nitrogens with zero attached hydrogens (tertiary/aromatic N) is 1. The third-order valence-corrected chi connectivity index (χ3v) is 1.68. The van der Waals surface area contributed by atoms with Crippen LogP contribution in [0.2, 0.25) is 0 Å². The number of imidazole rings is 1. The molecule has 0 saturated heterocycles. The zero-order chi connectivity index (χ0) is 8.72. The molecule has 1 aromatic carbocycles. The smallest absolute Gasteiger partial charge is 0.335 e. The van der Waals surface area contributed by atoms with Gasteiger partial charge in [0.2, 0.25) is 0 Å². The Morgan fingerprint density at radius 1 is 1.50 bits per heavy atom. The largest absolute Gasteiger partial charge is 0.344 e. The minimum absolute atomic E-state index is 0.399. The molecular weight excluding hydrogens is 161 g/mol. The van der Waals surface area contributed by atoms with Crippen molar-refractivity contribution in [2.45, 2.75) is 0 Å². The van der Waals surface area contributed by atoms with E-state index >= 15 is 0 Å². The first-order valence-electron chi connectivity index (χ1n) is 3.34. The molecule has 1 aromatic heterocycles. The van der Waals surface area contributed by atoms with Crippen LogP contribution in [0.3, 0.4) is 0 Å². The molecule has 2 aromatic rings. The molecule has 5 heteroatoms. The van der Waals surface area contributed by atoms with Gasteiger partial charge in [0.05, 0.1) is 11.0 Å². The number of aromatic amines is 1. The van der Waals surface area contributed by atoms with Crippen LogP contribution in [-0.4, -0.2) is 9.66 Å². The molecule has 4 nitrogen and oxygen atoms in total. The molecule has 2 rings (SSSR count). The molecule has 62 valence electrons. The van der Waals surface area contributed by atoms with Gasteiger partial charge in [-0.2, -0.15) is 0 Å². The van der Waals surface area contributed by atoms with E-state index in [-0.39, 0.29) is 0 Å². The highest BCUT2D eigenvalue weighted by atomic mass is 19.1. The molecule has 0 bridgehead atoms. The number of hydrogen-bond donors (Lipinski definition) is 2. The molecule has 0 amide bonds. The minimum atomic E-state index is -0.449. The van der Waals surface area contributed by atoms with Crippen molar-refractivity contribution in [1.82, 2.24) is 9.66 Å². The molecule has 1 heterocycles. The first-order chi connectivity index (χ1) is 5.68. The van der Waals surface area contributed by atoms with E-state index in [4.69, 9.17) is 5.84 Å². The van der Waals surface area contributed by atoms with Crippen LogP contribution >= 0.6 is 0 Å². The van der Waals surface area contributed by atoms with Crippen molar-refractivity contribution in [3.05, 3.63) is 34.5 Å². The van der Waals surface area contributed by atoms with Crippen LogP contribution in [0.5, 0.6) is 0 Å². The minimum Gasteiger partial charge on any atom is -0.335 e. The summed E-state index contributed by atoms with van der Waals surface area (Å²) in [7, 11) is 0. The number of nitrogen functional groups attached to an aromatic ring is 1. The van der Waals surface area contributed by atoms with Gasteiger partial charge in [0, 0.05) is 0 Å². The van der Waals surface area contributed by atoms with Crippen LogP contribution < -0.4 is 11.5 Å². The van der Waals surface area contributed by atoms with Crippen molar-refractivity contribution in [2.24, 2.45) is 0 Å². The number of H-pyrrole nitrogens is 1. The number of rotatable bonds is 0. The van der Waals surface area contributed by atoms with Gasteiger partial charge in [-0.1, -0.05) is 0 Å². The van der Waals surface area contributed by atoms with Crippen molar-refractivity contribution in [2.75, 3.05) is 5.84 Å². The molecular formula is C7H6FN3O. The zero-order valence-corrected chi connectivity index (χ0v) is 6.04. The summed E-state index contributed by atoms with van der Waals surface area (Å²) >= 11 is 0. The number of benzene rings is 1. The molecule has 12 heavy (non-hydrogen) atoms. The number of nitrogens with one attached hydrogen (secondary N) is 1. The molecule has 3 N–H and O–H groups in total. The lowest BCUT2D eigenvalue weighted by Crippen LogP contribution is -2.23. The van der Waals surface area contributed by atoms with E-state index in [1.165, 1.54) is 18.2 Å². The molecule has 0 spiro atoms. The van der Waals surface area contributed by atoms with Gasteiger partial charge in [0.25, 0.3) is 0 Å². The summed E-state index contributed by atoms with van der Waals surface area (Å²) in [5.41, 5.74) is 0.444. The lowest BCUT2D eigenvalue weighted by Gasteiger charge is -1.91. The van der Waals surface area contributed by atoms with Crippen LogP contribution in [0.25, 0.3) is 11.0 Å². The number of fused-ring (bicyclic) bond motifs is 1. The van der Waals surface area contributed by atoms with Crippen LogP contribution in [0.4, 0.5) is 4.39 Å². The van der Waals surface area contributed by atoms with Gasteiger partial charge >= 0.3 is 5.69 Å². The summed E-state index contributed by atoms with van der Waals surface area (Å²) in [5, 5.41) is 0. The molecule has 0 saturated carbocycles. The molecule has 0 fully saturated rings. The number of halogens is 1. The second-order valence-electron chi connectivity index (χ2n) is 2.46. The van der Waals surface area contributed by atoms with E-state index in [0.717, 1.165) is 4.68 Å². The summed E-state index contributed by atoms with van der Waals surface area (Å²) in [6.07, 6.45) is 0. The topological polar surface area (TPSA) is 63.8 Å². The normalized spacial score (nSPS) is 10.8. The monoisotopic (exact) mass is 167 g/mol. The van der Waals surface area contributed by atoms with Crippen LogP contribution in [0.15, 0.2) is 23.0 Å². The predicted octanol–water partition coefficient (Wildman–Crippen LogP) is 0.182. The number of aromatic nitrogens is 2. The highest BCUT2D eigenvalue weighted by molar-refractivity contribution is 5.75. The fraction of sp³-hybridized carbons (Fsp3) is 0. The maximum Gasteiger partial charge on any atom is 0.344 e. The Kier molecular flexibility index (Phi) is 1.21. The van der Waals surface area contributed by atoms with E-state index in [9.17, 15) is 9.18 Å². The Hall–Kier alpha value is -1.78. The van der Waals surface area contributed by atoms with E-state index in [1.807, 2.05) is 0 Å². The fourth-order valence-electron chi connectivity index (χ4n) is 1.10. The fourth-order valence-corrected chi connectivity index (χ4v) is 1.10. The Morgan fingerprint density at radius 3 is 3.00 bits per heavy atom. The van der Waals surface area contributed by atoms with E-state index < -0.39 is 11.5 Å². The zero-order valence-electron chi connectivity index (χ0n) is 6.04. The summed E-state index contributed by atoms with van der Waals surface area (Å²) in [6.45, 7) is 0. The highest BCUT2D eigenvalue weighted by Gasteiger charge is 2.03. The van der Waals surface area contributed by atoms with Crippen LogP contribution in [0.1, 0.15) is 0 Å². The first-order valence-corrected chi connectivity index (χ1v) is 3.34. The standard InChI is InChI=1S/C7H6FN3O/c8-4-1-2-6-5(3-4)10-7(12)11(6)9/h1-3H,9H2,(H,10,12). The van der Waals surface area contributed by atoms with Crippen molar-refractivity contribution in [3.63, 3.8) is 0 Å². The Bertz CT molecular complexity index is 485. The lowest BCUT2D eigenvalue weighted by molar-refractivity contribution is 0.629. The average molecular weight is 167 g/mol. The Morgan fingerprint density at radius 2 is 2.25 bits per heavy atom. The third kappa shape index (κ3) is 0.795. The van der Waals surface area contributed by atoms with Crippen LogP contribution in [-0.2, 0) is 0 Å². The Labute approximate surface area is 66.4 Å². The van der Waals surface area contributed by atoms with E-state index in [0.29, 0.717) is 11.0 Å². The summed E-state index contributed by atoms with van der Waals surface area (Å²) in [5.74, 6) is 4.94. The third-order valence-electron chi connectivity index (χ3n) is 1.68. The summed E-state index contributed by atoms with van der Waals surface area (Å²) in [4.78, 5) is 13.3. The van der Waals surface area contributed by atoms with Crippen molar-refractivity contribution >= 4 is 11.0 Å². The molecule has 0 unspecified atom stereocenters. The second kappa shape index (κ2) is 2.10. The van der Waals surface area contributed by atoms with Gasteiger partial charge in [-0.3, -0.25) is 0 Å². The molecule has 0 aliphatic carbocycles. The van der Waals surface area contributed by atoms with Gasteiger partial charge in [-0.25, -0.2) is 13.9 Å². The molecule has 0 aliphatic rings. The van der Waals surface area contributed by atoms with Gasteiger partial charge < -0.3 is 10.8 Å². The number of hydrogen-bond acceptors (Lipinski definition) is 2. The van der Waals surface area contributed by atoms with Crippen molar-refractivity contribution < 1.29 is 4.39 Å². The average Bonchev–Trinajstić information content (AvgIpc) is 2.28. The molecule has 0 radical (unpaired) electrons. The quantitative estimate of drug-likeness (QED) is 0.550. The van der Waals surface area contributed by atoms with Gasteiger partial charge in [0.1, 0.15) is 5.82 Å². The second-order valence-corrected chi connectivity index (χ2v) is 2.46. The van der Waals surface area contributed by atoms with E-state index in [1.54, 1.807) is 0 Å². The van der Waals surface area contributed by atoms with Crippen molar-refractivity contribution in [3.8, 4) is 0 Å². The summed E-state index contributed by atoms with van der Waals surface area (Å²) in [6, 6.07) is 3.92. The van der Waals surface area contributed by atoms with E-state index in [2.05, 4.69) is 4.98 Å². The first kappa shape index (κ1) is 6.90. The lowest BCUT2D eigenvalue weighted by atomic mass is 10.3. The maximum absolute atomic E-state index is 12.6. The van der Waals surface area contributed by atoms with Gasteiger partial charge in [-0.05, 0) is 18.2 Å². The maximum atomic E-state index is 12.6. The molecule has 0 aliphatic heterocycles. The SMILES string of the molecule is Nn1c(=O)[nH]c2cc(F)ccc21. The summed E-state index contributed by atoms with van der Waals surface area (Å²) < 4.78 is 13.5. The highest BCUT2D eigenvalue weighted by Crippen LogP contribution is 2.09. The van der Waals surface area contributed by atoms with Crippen LogP contribution in [0, 0.1) is 5.82 Å². The number of nitrogens with two attached hydrogens (primary N) is 1. The van der Waals surface area contributed by atoms with Gasteiger partial charge in [0.15, 0.2) is 0 Å². The molecule has 0 atom stereocenters. The van der Waals surface area contributed by atoms with Crippen molar-refractivity contribution in [1.29, 1.82) is 0 Å². The predicted molar refractivity (Wildman–Crippen MR) is 42.7 cm³/mol. The Balaban J connectivity index is 2.96.